The Balaban J connectivity index is 1.99. The summed E-state index contributed by atoms with van der Waals surface area (Å²) in [6, 6.07) is 10.7. The SMILES string of the molecule is C#CCOC1(c2ccccc2)[C@@H]2CCC[C@@H]1C2I. The van der Waals surface area contributed by atoms with Crippen molar-refractivity contribution in [3.8, 4) is 12.3 Å². The molecule has 0 N–H and O–H groups in total. The smallest absolute Gasteiger partial charge is 0.108 e. The first-order chi connectivity index (χ1) is 8.80. The standard InChI is InChI=1S/C16H17IO/c1-2-11-18-16(12-7-4-3-5-8-12)13-9-6-10-14(16)15(13)17/h1,3-5,7-8,13-15H,6,9-11H2/t13-,14-,15?,16?/m1/s1. The fourth-order valence-corrected chi connectivity index (χ4v) is 5.59. The maximum absolute atomic E-state index is 6.20. The lowest BCUT2D eigenvalue weighted by atomic mass is 9.51. The van der Waals surface area contributed by atoms with Crippen LogP contribution in [0.2, 0.25) is 0 Å². The number of fused-ring (bicyclic) bond motifs is 2. The van der Waals surface area contributed by atoms with Crippen molar-refractivity contribution in [3.05, 3.63) is 35.9 Å². The molecular weight excluding hydrogens is 335 g/mol. The van der Waals surface area contributed by atoms with Crippen LogP contribution in [0.15, 0.2) is 30.3 Å². The number of alkyl halides is 1. The Bertz CT molecular complexity index is 450. The highest BCUT2D eigenvalue weighted by Crippen LogP contribution is 2.63. The molecule has 1 nitrogen and oxygen atoms in total. The average Bonchev–Trinajstić information content (AvgIpc) is 2.45. The van der Waals surface area contributed by atoms with Crippen LogP contribution < -0.4 is 0 Å². The van der Waals surface area contributed by atoms with E-state index in [1.165, 1.54) is 24.8 Å². The van der Waals surface area contributed by atoms with Crippen LogP contribution in [0, 0.1) is 24.2 Å². The number of halogens is 1. The first-order valence-corrected chi connectivity index (χ1v) is 7.82. The van der Waals surface area contributed by atoms with Crippen LogP contribution in [0.3, 0.4) is 0 Å². The van der Waals surface area contributed by atoms with Crippen LogP contribution in [0.1, 0.15) is 24.8 Å². The zero-order valence-electron chi connectivity index (χ0n) is 10.3. The maximum Gasteiger partial charge on any atom is 0.108 e. The number of ether oxygens (including phenoxy) is 1. The van der Waals surface area contributed by atoms with Gasteiger partial charge >= 0.3 is 0 Å². The molecule has 3 rings (SSSR count). The number of benzene rings is 1. The summed E-state index contributed by atoms with van der Waals surface area (Å²) in [5.41, 5.74) is 1.22. The fourth-order valence-electron chi connectivity index (χ4n) is 3.80. The Kier molecular flexibility index (Phi) is 3.38. The third kappa shape index (κ3) is 1.64. The van der Waals surface area contributed by atoms with Gasteiger partial charge in [-0.3, -0.25) is 0 Å². The van der Waals surface area contributed by atoms with E-state index in [-0.39, 0.29) is 5.60 Å². The van der Waals surface area contributed by atoms with E-state index in [9.17, 15) is 0 Å². The van der Waals surface area contributed by atoms with E-state index in [4.69, 9.17) is 11.2 Å². The Hall–Kier alpha value is -0.530. The summed E-state index contributed by atoms with van der Waals surface area (Å²) in [7, 11) is 0. The molecule has 0 unspecified atom stereocenters. The molecule has 18 heavy (non-hydrogen) atoms. The molecule has 2 heteroatoms. The molecule has 1 aromatic rings. The van der Waals surface area contributed by atoms with Crippen LogP contribution >= 0.6 is 22.6 Å². The average molecular weight is 352 g/mol. The molecule has 0 radical (unpaired) electrons. The number of hydrogen-bond acceptors (Lipinski definition) is 1. The van der Waals surface area contributed by atoms with Gasteiger partial charge in [-0.25, -0.2) is 0 Å². The Labute approximate surface area is 122 Å². The Morgan fingerprint density at radius 3 is 2.50 bits per heavy atom. The van der Waals surface area contributed by atoms with Gasteiger partial charge in [-0.2, -0.15) is 0 Å². The van der Waals surface area contributed by atoms with E-state index < -0.39 is 0 Å². The largest absolute Gasteiger partial charge is 0.357 e. The zero-order chi connectivity index (χ0) is 12.6. The van der Waals surface area contributed by atoms with Crippen molar-refractivity contribution in [2.24, 2.45) is 11.8 Å². The van der Waals surface area contributed by atoms with Crippen molar-refractivity contribution in [1.82, 2.24) is 0 Å². The number of hydrogen-bond donors (Lipinski definition) is 0. The topological polar surface area (TPSA) is 9.23 Å². The van der Waals surface area contributed by atoms with E-state index in [1.807, 2.05) is 0 Å². The van der Waals surface area contributed by atoms with Crippen molar-refractivity contribution in [2.75, 3.05) is 6.61 Å². The highest BCUT2D eigenvalue weighted by molar-refractivity contribution is 14.1. The van der Waals surface area contributed by atoms with Gasteiger partial charge in [0.15, 0.2) is 0 Å². The molecule has 0 aliphatic heterocycles. The number of rotatable bonds is 3. The first kappa shape index (κ1) is 12.5. The molecule has 0 aromatic heterocycles. The second-order valence-corrected chi connectivity index (χ2v) is 6.68. The van der Waals surface area contributed by atoms with Crippen molar-refractivity contribution in [3.63, 3.8) is 0 Å². The highest BCUT2D eigenvalue weighted by Gasteiger charge is 2.64. The van der Waals surface area contributed by atoms with Crippen molar-refractivity contribution in [2.45, 2.75) is 28.8 Å². The van der Waals surface area contributed by atoms with Crippen LogP contribution in [0.25, 0.3) is 0 Å². The van der Waals surface area contributed by atoms with E-state index in [2.05, 4.69) is 58.8 Å². The summed E-state index contributed by atoms with van der Waals surface area (Å²) < 4.78 is 6.94. The molecule has 2 bridgehead atoms. The molecule has 0 spiro atoms. The van der Waals surface area contributed by atoms with E-state index in [1.54, 1.807) is 0 Å². The quantitative estimate of drug-likeness (QED) is 0.457. The summed E-state index contributed by atoms with van der Waals surface area (Å²) in [4.78, 5) is 0. The third-order valence-electron chi connectivity index (χ3n) is 4.52. The molecular formula is C16H17IO. The minimum Gasteiger partial charge on any atom is -0.357 e. The van der Waals surface area contributed by atoms with Gasteiger partial charge in [-0.1, -0.05) is 65.3 Å². The fraction of sp³-hybridized carbons (Fsp3) is 0.500. The van der Waals surface area contributed by atoms with Crippen molar-refractivity contribution in [1.29, 1.82) is 0 Å². The molecule has 0 heterocycles. The van der Waals surface area contributed by atoms with Gasteiger partial charge in [0.2, 0.25) is 0 Å². The van der Waals surface area contributed by atoms with Gasteiger partial charge in [0.1, 0.15) is 12.2 Å². The third-order valence-corrected chi connectivity index (χ3v) is 6.26. The van der Waals surface area contributed by atoms with Crippen molar-refractivity contribution >= 4 is 22.6 Å². The normalized spacial score (nSPS) is 37.7. The van der Waals surface area contributed by atoms with E-state index in [0.717, 1.165) is 3.92 Å². The molecule has 2 atom stereocenters. The lowest BCUT2D eigenvalue weighted by Crippen LogP contribution is -2.64. The lowest BCUT2D eigenvalue weighted by molar-refractivity contribution is -0.204. The zero-order valence-corrected chi connectivity index (χ0v) is 12.5. The van der Waals surface area contributed by atoms with Crippen molar-refractivity contribution < 1.29 is 4.74 Å². The van der Waals surface area contributed by atoms with Gasteiger partial charge < -0.3 is 4.74 Å². The predicted molar refractivity (Wildman–Crippen MR) is 81.5 cm³/mol. The lowest BCUT2D eigenvalue weighted by Gasteiger charge is -2.62. The van der Waals surface area contributed by atoms with Gasteiger partial charge in [-0.15, -0.1) is 6.42 Å². The van der Waals surface area contributed by atoms with Crippen LogP contribution in [-0.4, -0.2) is 10.5 Å². The summed E-state index contributed by atoms with van der Waals surface area (Å²) in [6.07, 6.45) is 9.27. The molecule has 2 fully saturated rings. The molecule has 0 amide bonds. The second kappa shape index (κ2) is 4.86. The minimum absolute atomic E-state index is 0.0995. The first-order valence-electron chi connectivity index (χ1n) is 6.57. The van der Waals surface area contributed by atoms with Crippen LogP contribution in [0.4, 0.5) is 0 Å². The van der Waals surface area contributed by atoms with Crippen LogP contribution in [-0.2, 0) is 10.3 Å². The highest BCUT2D eigenvalue weighted by atomic mass is 127. The number of terminal acetylenes is 1. The summed E-state index contributed by atoms with van der Waals surface area (Å²) in [6.45, 7) is 0.422. The summed E-state index contributed by atoms with van der Waals surface area (Å²) in [5.74, 6) is 3.90. The second-order valence-electron chi connectivity index (χ2n) is 5.24. The molecule has 94 valence electrons. The van der Waals surface area contributed by atoms with E-state index in [0.29, 0.717) is 18.4 Å². The molecule has 2 aliphatic carbocycles. The predicted octanol–water partition coefficient (Wildman–Crippen LogP) is 3.77. The van der Waals surface area contributed by atoms with Gasteiger partial charge in [0.25, 0.3) is 0 Å². The minimum atomic E-state index is -0.0995. The maximum atomic E-state index is 6.20. The van der Waals surface area contributed by atoms with E-state index >= 15 is 0 Å². The van der Waals surface area contributed by atoms with Gasteiger partial charge in [0, 0.05) is 15.8 Å². The summed E-state index contributed by atoms with van der Waals surface area (Å²) in [5, 5.41) is 0. The van der Waals surface area contributed by atoms with Gasteiger partial charge in [0.05, 0.1) is 0 Å². The molecule has 2 aliphatic rings. The Morgan fingerprint density at radius 1 is 1.28 bits per heavy atom. The Morgan fingerprint density at radius 2 is 1.94 bits per heavy atom. The molecule has 0 saturated heterocycles. The monoisotopic (exact) mass is 352 g/mol. The molecule has 1 aromatic carbocycles. The van der Waals surface area contributed by atoms with Gasteiger partial charge in [-0.05, 0) is 18.4 Å². The molecule has 2 saturated carbocycles. The van der Waals surface area contributed by atoms with Crippen LogP contribution in [0.5, 0.6) is 0 Å². The summed E-state index contributed by atoms with van der Waals surface area (Å²) >= 11 is 2.60.